The van der Waals surface area contributed by atoms with Crippen LogP contribution in [0.2, 0.25) is 0 Å². The fourth-order valence-corrected chi connectivity index (χ4v) is 3.23. The van der Waals surface area contributed by atoms with Crippen molar-refractivity contribution in [3.8, 4) is 0 Å². The maximum atomic E-state index is 12.8. The lowest BCUT2D eigenvalue weighted by atomic mass is 9.86. The van der Waals surface area contributed by atoms with Crippen LogP contribution >= 0.6 is 0 Å². The summed E-state index contributed by atoms with van der Waals surface area (Å²) in [6, 6.07) is 17.5. The van der Waals surface area contributed by atoms with Crippen molar-refractivity contribution in [1.29, 1.82) is 0 Å². The molecule has 144 valence electrons. The molecule has 0 bridgehead atoms. The highest BCUT2D eigenvalue weighted by atomic mass is 16.7. The van der Waals surface area contributed by atoms with Gasteiger partial charge >= 0.3 is 0 Å². The molecule has 4 heteroatoms. The van der Waals surface area contributed by atoms with Gasteiger partial charge in [0.1, 0.15) is 6.10 Å². The Kier molecular flexibility index (Phi) is 5.41. The Labute approximate surface area is 161 Å². The first-order valence-corrected chi connectivity index (χ1v) is 9.44. The lowest BCUT2D eigenvalue weighted by molar-refractivity contribution is -0.284. The van der Waals surface area contributed by atoms with Crippen molar-refractivity contribution in [1.82, 2.24) is 5.32 Å². The minimum absolute atomic E-state index is 0.0596. The second-order valence-electron chi connectivity index (χ2n) is 8.57. The fraction of sp³-hybridized carbons (Fsp3) is 0.435. The Balaban J connectivity index is 1.77. The summed E-state index contributed by atoms with van der Waals surface area (Å²) in [5.41, 5.74) is 2.93. The smallest absolute Gasteiger partial charge is 0.251 e. The fourth-order valence-electron chi connectivity index (χ4n) is 3.23. The van der Waals surface area contributed by atoms with Gasteiger partial charge in [0.05, 0.1) is 12.6 Å². The van der Waals surface area contributed by atoms with Crippen LogP contribution in [0, 0.1) is 0 Å². The molecule has 2 aromatic carbocycles. The van der Waals surface area contributed by atoms with E-state index in [4.69, 9.17) is 9.47 Å². The average Bonchev–Trinajstić information content (AvgIpc) is 2.63. The van der Waals surface area contributed by atoms with Crippen molar-refractivity contribution in [3.63, 3.8) is 0 Å². The van der Waals surface area contributed by atoms with Crippen molar-refractivity contribution >= 4 is 5.91 Å². The Hall–Kier alpha value is -2.17. The highest BCUT2D eigenvalue weighted by molar-refractivity contribution is 5.94. The number of hydrogen-bond donors (Lipinski definition) is 1. The molecule has 0 aliphatic carbocycles. The molecule has 0 radical (unpaired) electrons. The Morgan fingerprint density at radius 3 is 2.26 bits per heavy atom. The molecule has 1 amide bonds. The first kappa shape index (κ1) is 19.6. The van der Waals surface area contributed by atoms with E-state index in [2.05, 4.69) is 26.1 Å². The highest BCUT2D eigenvalue weighted by Gasteiger charge is 2.38. The van der Waals surface area contributed by atoms with Crippen LogP contribution in [-0.2, 0) is 14.9 Å². The SMILES string of the molecule is CC1(C)OCC(NC(=O)c2ccc(C(C)(C)C)cc2)C(c2ccccc2)O1. The molecule has 3 rings (SSSR count). The van der Waals surface area contributed by atoms with E-state index in [0.717, 1.165) is 5.56 Å². The van der Waals surface area contributed by atoms with Crippen LogP contribution in [0.4, 0.5) is 0 Å². The topological polar surface area (TPSA) is 47.6 Å². The number of hydrogen-bond acceptors (Lipinski definition) is 3. The molecule has 0 saturated carbocycles. The van der Waals surface area contributed by atoms with Crippen molar-refractivity contribution in [2.24, 2.45) is 0 Å². The molecule has 27 heavy (non-hydrogen) atoms. The number of carbonyl (C=O) groups is 1. The summed E-state index contributed by atoms with van der Waals surface area (Å²) in [4.78, 5) is 12.8. The van der Waals surface area contributed by atoms with Gasteiger partial charge in [-0.25, -0.2) is 0 Å². The molecule has 2 atom stereocenters. The van der Waals surface area contributed by atoms with E-state index in [1.54, 1.807) is 0 Å². The standard InChI is InChI=1S/C23H29NO3/c1-22(2,3)18-13-11-17(12-14-18)21(25)24-19-15-26-23(4,5)27-20(19)16-9-7-6-8-10-16/h6-14,19-20H,15H2,1-5H3,(H,24,25). The lowest BCUT2D eigenvalue weighted by Crippen LogP contribution is -2.52. The molecule has 1 fully saturated rings. The number of carbonyl (C=O) groups excluding carboxylic acids is 1. The van der Waals surface area contributed by atoms with Crippen LogP contribution in [0.25, 0.3) is 0 Å². The van der Waals surface area contributed by atoms with Gasteiger partial charge in [-0.1, -0.05) is 63.2 Å². The van der Waals surface area contributed by atoms with E-state index < -0.39 is 5.79 Å². The molecular formula is C23H29NO3. The second kappa shape index (κ2) is 7.45. The molecule has 4 nitrogen and oxygen atoms in total. The Morgan fingerprint density at radius 2 is 1.67 bits per heavy atom. The predicted octanol–water partition coefficient (Wildman–Crippen LogP) is 4.61. The van der Waals surface area contributed by atoms with Gasteiger partial charge in [-0.3, -0.25) is 4.79 Å². The van der Waals surface area contributed by atoms with E-state index in [9.17, 15) is 4.79 Å². The molecule has 2 aromatic rings. The van der Waals surface area contributed by atoms with Crippen LogP contribution in [0.1, 0.15) is 62.2 Å². The van der Waals surface area contributed by atoms with Gasteiger partial charge in [-0.2, -0.15) is 0 Å². The normalized spacial score (nSPS) is 22.3. The summed E-state index contributed by atoms with van der Waals surface area (Å²) in [7, 11) is 0. The molecule has 1 aliphatic heterocycles. The zero-order valence-electron chi connectivity index (χ0n) is 16.8. The number of benzene rings is 2. The van der Waals surface area contributed by atoms with Crippen molar-refractivity contribution in [3.05, 3.63) is 71.3 Å². The summed E-state index contributed by atoms with van der Waals surface area (Å²) in [5, 5.41) is 3.09. The molecule has 1 heterocycles. The van der Waals surface area contributed by atoms with E-state index in [0.29, 0.717) is 12.2 Å². The molecule has 2 unspecified atom stereocenters. The molecule has 1 saturated heterocycles. The van der Waals surface area contributed by atoms with Gasteiger partial charge in [0.15, 0.2) is 5.79 Å². The quantitative estimate of drug-likeness (QED) is 0.862. The van der Waals surface area contributed by atoms with Crippen LogP contribution in [0.3, 0.4) is 0 Å². The zero-order chi connectivity index (χ0) is 19.7. The van der Waals surface area contributed by atoms with Gasteiger partial charge in [-0.15, -0.1) is 0 Å². The summed E-state index contributed by atoms with van der Waals surface area (Å²) in [5.74, 6) is -0.802. The van der Waals surface area contributed by atoms with Crippen LogP contribution < -0.4 is 5.32 Å². The minimum Gasteiger partial charge on any atom is -0.348 e. The van der Waals surface area contributed by atoms with Crippen molar-refractivity contribution < 1.29 is 14.3 Å². The molecule has 0 spiro atoms. The van der Waals surface area contributed by atoms with Gasteiger partial charge in [0.25, 0.3) is 5.91 Å². The molecule has 1 aliphatic rings. The van der Waals surface area contributed by atoms with Crippen molar-refractivity contribution in [2.75, 3.05) is 6.61 Å². The third-order valence-corrected chi connectivity index (χ3v) is 4.84. The maximum absolute atomic E-state index is 12.8. The van der Waals surface area contributed by atoms with Crippen LogP contribution in [0.5, 0.6) is 0 Å². The van der Waals surface area contributed by atoms with E-state index in [1.165, 1.54) is 5.56 Å². The van der Waals surface area contributed by atoms with Gasteiger partial charge < -0.3 is 14.8 Å². The molecular weight excluding hydrogens is 338 g/mol. The van der Waals surface area contributed by atoms with Gasteiger partial charge in [0, 0.05) is 5.56 Å². The largest absolute Gasteiger partial charge is 0.348 e. The Morgan fingerprint density at radius 1 is 1.04 bits per heavy atom. The first-order valence-electron chi connectivity index (χ1n) is 9.44. The highest BCUT2D eigenvalue weighted by Crippen LogP contribution is 2.33. The third-order valence-electron chi connectivity index (χ3n) is 4.84. The molecule has 1 N–H and O–H groups in total. The van der Waals surface area contributed by atoms with Crippen LogP contribution in [-0.4, -0.2) is 24.3 Å². The predicted molar refractivity (Wildman–Crippen MR) is 107 cm³/mol. The van der Waals surface area contributed by atoms with Crippen LogP contribution in [0.15, 0.2) is 54.6 Å². The minimum atomic E-state index is -0.684. The van der Waals surface area contributed by atoms with Gasteiger partial charge in [-0.05, 0) is 42.5 Å². The number of amides is 1. The maximum Gasteiger partial charge on any atom is 0.251 e. The summed E-state index contributed by atoms with van der Waals surface area (Å²) in [6.45, 7) is 10.7. The summed E-state index contributed by atoms with van der Waals surface area (Å²) < 4.78 is 11.9. The zero-order valence-corrected chi connectivity index (χ0v) is 16.8. The van der Waals surface area contributed by atoms with E-state index >= 15 is 0 Å². The first-order chi connectivity index (χ1) is 12.7. The second-order valence-corrected chi connectivity index (χ2v) is 8.57. The number of nitrogens with one attached hydrogen (secondary N) is 1. The summed E-state index contributed by atoms with van der Waals surface area (Å²) >= 11 is 0. The monoisotopic (exact) mass is 367 g/mol. The Bertz CT molecular complexity index is 776. The van der Waals surface area contributed by atoms with Gasteiger partial charge in [0.2, 0.25) is 0 Å². The number of ether oxygens (including phenoxy) is 2. The van der Waals surface area contributed by atoms with Crippen molar-refractivity contribution in [2.45, 2.75) is 58.0 Å². The summed E-state index contributed by atoms with van der Waals surface area (Å²) in [6.07, 6.45) is -0.257. The average molecular weight is 367 g/mol. The number of rotatable bonds is 3. The third kappa shape index (κ3) is 4.76. The molecule has 0 aromatic heterocycles. The van der Waals surface area contributed by atoms with E-state index in [1.807, 2.05) is 68.4 Å². The van der Waals surface area contributed by atoms with E-state index in [-0.39, 0.29) is 23.5 Å². The lowest BCUT2D eigenvalue weighted by Gasteiger charge is -2.41.